The minimum Gasteiger partial charge on any atom is -0.369 e. The van der Waals surface area contributed by atoms with Gasteiger partial charge in [0.25, 0.3) is 5.91 Å². The number of carbonyl (C=O) groups excluding carboxylic acids is 2. The molecule has 0 spiro atoms. The van der Waals surface area contributed by atoms with E-state index in [0.717, 1.165) is 65.5 Å². The summed E-state index contributed by atoms with van der Waals surface area (Å²) in [6, 6.07) is 23.3. The molecule has 3 aromatic carbocycles. The lowest BCUT2D eigenvalue weighted by molar-refractivity contribution is -0.124. The Balaban J connectivity index is 1.19. The third-order valence-electron chi connectivity index (χ3n) is 8.38. The number of amides is 2. The Labute approximate surface area is 239 Å². The van der Waals surface area contributed by atoms with Gasteiger partial charge in [-0.1, -0.05) is 54.1 Å². The van der Waals surface area contributed by atoms with Crippen LogP contribution in [0.1, 0.15) is 33.4 Å². The van der Waals surface area contributed by atoms with Crippen molar-refractivity contribution in [2.24, 2.45) is 7.05 Å². The highest BCUT2D eigenvalue weighted by Gasteiger charge is 2.43. The number of carbonyl (C=O) groups is 2. The molecule has 1 aromatic heterocycles. The van der Waals surface area contributed by atoms with Gasteiger partial charge in [0.2, 0.25) is 5.91 Å². The molecule has 3 heterocycles. The molecule has 1 fully saturated rings. The maximum absolute atomic E-state index is 14.0. The largest absolute Gasteiger partial charge is 0.369 e. The van der Waals surface area contributed by atoms with Gasteiger partial charge in [-0.15, -0.1) is 0 Å². The summed E-state index contributed by atoms with van der Waals surface area (Å²) in [5.74, 6) is -0.623. The summed E-state index contributed by atoms with van der Waals surface area (Å²) >= 11 is 6.18. The molecule has 2 unspecified atom stereocenters. The number of hydrogen-bond donors (Lipinski definition) is 1. The number of aromatic nitrogens is 1. The summed E-state index contributed by atoms with van der Waals surface area (Å²) in [5, 5.41) is 5.04. The number of aryl methyl sites for hydroxylation is 1. The molecule has 1 N–H and O–H groups in total. The summed E-state index contributed by atoms with van der Waals surface area (Å²) in [6.07, 6.45) is 2.06. The van der Waals surface area contributed by atoms with Gasteiger partial charge in [-0.3, -0.25) is 14.5 Å². The van der Waals surface area contributed by atoms with E-state index in [0.29, 0.717) is 12.1 Å². The van der Waals surface area contributed by atoms with E-state index in [1.807, 2.05) is 68.7 Å². The fourth-order valence-corrected chi connectivity index (χ4v) is 6.49. The molecule has 2 atom stereocenters. The van der Waals surface area contributed by atoms with Crippen molar-refractivity contribution in [2.75, 3.05) is 51.2 Å². The first-order valence-corrected chi connectivity index (χ1v) is 14.2. The minimum absolute atomic E-state index is 0.0534. The first kappa shape index (κ1) is 26.4. The predicted molar refractivity (Wildman–Crippen MR) is 160 cm³/mol. The molecule has 0 bridgehead atoms. The molecule has 7 nitrogen and oxygen atoms in total. The number of benzene rings is 3. The highest BCUT2D eigenvalue weighted by atomic mass is 35.5. The molecule has 0 saturated carbocycles. The predicted octanol–water partition coefficient (Wildman–Crippen LogP) is 4.68. The molecule has 2 aliphatic rings. The van der Waals surface area contributed by atoms with Gasteiger partial charge in [-0.2, -0.15) is 0 Å². The number of nitrogens with zero attached hydrogens (tertiary/aromatic N) is 4. The SMILES string of the molecule is CN1C(=O)c2ccccc2C(C(=O)NCCN2CCN(c3cccc(Cl)c3)CC2)C1c1cn(C)c2ccccc12. The number of hydrogen-bond acceptors (Lipinski definition) is 4. The average molecular weight is 556 g/mol. The van der Waals surface area contributed by atoms with E-state index < -0.39 is 12.0 Å². The van der Waals surface area contributed by atoms with Crippen molar-refractivity contribution in [3.63, 3.8) is 0 Å². The van der Waals surface area contributed by atoms with E-state index in [9.17, 15) is 9.59 Å². The van der Waals surface area contributed by atoms with Crippen molar-refractivity contribution < 1.29 is 9.59 Å². The van der Waals surface area contributed by atoms with Crippen LogP contribution >= 0.6 is 11.6 Å². The summed E-state index contributed by atoms with van der Waals surface area (Å²) in [7, 11) is 3.82. The molecule has 2 amide bonds. The number of rotatable bonds is 6. The molecule has 206 valence electrons. The van der Waals surface area contributed by atoms with Crippen LogP contribution in [0.4, 0.5) is 5.69 Å². The van der Waals surface area contributed by atoms with Crippen molar-refractivity contribution in [2.45, 2.75) is 12.0 Å². The first-order valence-electron chi connectivity index (χ1n) is 13.8. The van der Waals surface area contributed by atoms with Crippen molar-refractivity contribution >= 4 is 40.0 Å². The van der Waals surface area contributed by atoms with Crippen LogP contribution in [-0.2, 0) is 11.8 Å². The Morgan fingerprint density at radius 2 is 1.68 bits per heavy atom. The maximum Gasteiger partial charge on any atom is 0.254 e. The van der Waals surface area contributed by atoms with Crippen LogP contribution in [0.15, 0.2) is 79.0 Å². The number of anilines is 1. The van der Waals surface area contributed by atoms with Crippen molar-refractivity contribution in [3.05, 3.63) is 101 Å². The van der Waals surface area contributed by atoms with Gasteiger partial charge in [0.15, 0.2) is 0 Å². The first-order chi connectivity index (χ1) is 19.4. The number of likely N-dealkylation sites (N-methyl/N-ethyl adjacent to an activating group) is 1. The van der Waals surface area contributed by atoms with Gasteiger partial charge in [0.05, 0.1) is 12.0 Å². The quantitative estimate of drug-likeness (QED) is 0.375. The van der Waals surface area contributed by atoms with Crippen molar-refractivity contribution in [1.29, 1.82) is 0 Å². The molecule has 0 aliphatic carbocycles. The average Bonchev–Trinajstić information content (AvgIpc) is 3.31. The maximum atomic E-state index is 14.0. The zero-order valence-corrected chi connectivity index (χ0v) is 23.6. The van der Waals surface area contributed by atoms with E-state index in [4.69, 9.17) is 11.6 Å². The van der Waals surface area contributed by atoms with Crippen LogP contribution < -0.4 is 10.2 Å². The van der Waals surface area contributed by atoms with E-state index >= 15 is 0 Å². The summed E-state index contributed by atoms with van der Waals surface area (Å²) in [4.78, 5) is 33.9. The fourth-order valence-electron chi connectivity index (χ4n) is 6.30. The second kappa shape index (κ2) is 11.0. The highest BCUT2D eigenvalue weighted by Crippen LogP contribution is 2.44. The van der Waals surface area contributed by atoms with Gasteiger partial charge >= 0.3 is 0 Å². The molecule has 40 heavy (non-hydrogen) atoms. The standard InChI is InChI=1S/C32H34ClN5O2/c1-35-21-27(24-10-5-6-13-28(24)35)30-29(25-11-3-4-12-26(25)32(40)36(30)2)31(39)34-14-15-37-16-18-38(19-17-37)23-9-7-8-22(33)20-23/h3-13,20-21,29-30H,14-19H2,1-2H3,(H,34,39). The number of piperazine rings is 1. The lowest BCUT2D eigenvalue weighted by Crippen LogP contribution is -2.50. The second-order valence-electron chi connectivity index (χ2n) is 10.7. The van der Waals surface area contributed by atoms with E-state index in [1.54, 1.807) is 4.90 Å². The lowest BCUT2D eigenvalue weighted by atomic mass is 9.79. The van der Waals surface area contributed by atoms with Crippen LogP contribution in [0.25, 0.3) is 10.9 Å². The Morgan fingerprint density at radius 1 is 0.925 bits per heavy atom. The zero-order valence-electron chi connectivity index (χ0n) is 22.9. The zero-order chi connectivity index (χ0) is 27.8. The number of nitrogens with one attached hydrogen (secondary N) is 1. The smallest absolute Gasteiger partial charge is 0.254 e. The van der Waals surface area contributed by atoms with E-state index in [1.165, 1.54) is 0 Å². The van der Waals surface area contributed by atoms with Crippen LogP contribution in [0.3, 0.4) is 0 Å². The Kier molecular flexibility index (Phi) is 7.26. The third-order valence-corrected chi connectivity index (χ3v) is 8.62. The van der Waals surface area contributed by atoms with Crippen molar-refractivity contribution in [1.82, 2.24) is 19.7 Å². The molecule has 0 radical (unpaired) electrons. The minimum atomic E-state index is -0.510. The van der Waals surface area contributed by atoms with Gasteiger partial charge < -0.3 is 19.7 Å². The number of para-hydroxylation sites is 1. The second-order valence-corrected chi connectivity index (χ2v) is 11.2. The molecule has 4 aromatic rings. The van der Waals surface area contributed by atoms with Gasteiger partial charge in [-0.05, 0) is 35.9 Å². The number of fused-ring (bicyclic) bond motifs is 2. The normalized spacial score (nSPS) is 19.6. The Morgan fingerprint density at radius 3 is 2.48 bits per heavy atom. The van der Waals surface area contributed by atoms with Crippen LogP contribution in [0.2, 0.25) is 5.02 Å². The lowest BCUT2D eigenvalue weighted by Gasteiger charge is -2.40. The molecule has 8 heteroatoms. The summed E-state index contributed by atoms with van der Waals surface area (Å²) in [6.45, 7) is 5.00. The van der Waals surface area contributed by atoms with Crippen molar-refractivity contribution in [3.8, 4) is 0 Å². The summed E-state index contributed by atoms with van der Waals surface area (Å²) < 4.78 is 2.07. The Hall–Kier alpha value is -3.81. The fraction of sp³-hybridized carbons (Fsp3) is 0.312. The summed E-state index contributed by atoms with van der Waals surface area (Å²) in [5.41, 5.74) is 4.60. The monoisotopic (exact) mass is 555 g/mol. The van der Waals surface area contributed by atoms with Gasteiger partial charge in [-0.25, -0.2) is 0 Å². The highest BCUT2D eigenvalue weighted by molar-refractivity contribution is 6.30. The molecule has 2 aliphatic heterocycles. The Bertz CT molecular complexity index is 1560. The van der Waals surface area contributed by atoms with Crippen LogP contribution in [0, 0.1) is 0 Å². The van der Waals surface area contributed by atoms with E-state index in [2.05, 4.69) is 44.1 Å². The van der Waals surface area contributed by atoms with E-state index in [-0.39, 0.29) is 11.8 Å². The molecular weight excluding hydrogens is 522 g/mol. The molecule has 6 rings (SSSR count). The van der Waals surface area contributed by atoms with Gasteiger partial charge in [0.1, 0.15) is 0 Å². The third kappa shape index (κ3) is 4.84. The van der Waals surface area contributed by atoms with Crippen LogP contribution in [-0.4, -0.2) is 72.5 Å². The number of halogens is 1. The molecule has 1 saturated heterocycles. The topological polar surface area (TPSA) is 60.8 Å². The van der Waals surface area contributed by atoms with Crippen LogP contribution in [0.5, 0.6) is 0 Å². The van der Waals surface area contributed by atoms with Gasteiger partial charge in [0, 0.05) is 92.3 Å². The molecular formula is C32H34ClN5O2.